The van der Waals surface area contributed by atoms with Crippen LogP contribution in [0.2, 0.25) is 0 Å². The lowest BCUT2D eigenvalue weighted by Crippen LogP contribution is -2.62. The highest BCUT2D eigenvalue weighted by atomic mass is 16.8. The molecule has 13 atom stereocenters. The van der Waals surface area contributed by atoms with Crippen LogP contribution in [0.4, 0.5) is 0 Å². The van der Waals surface area contributed by atoms with Crippen molar-refractivity contribution in [3.63, 3.8) is 0 Å². The molecule has 4 heterocycles. The zero-order valence-corrected chi connectivity index (χ0v) is 33.8. The van der Waals surface area contributed by atoms with Crippen molar-refractivity contribution in [1.82, 2.24) is 0 Å². The maximum absolute atomic E-state index is 14.8. The van der Waals surface area contributed by atoms with Crippen LogP contribution < -0.4 is 19.6 Å². The molecular formula is C41H52O19. The number of rotatable bonds is 13. The van der Waals surface area contributed by atoms with Gasteiger partial charge in [0.05, 0.1) is 32.5 Å². The number of phenols is 1. The molecule has 0 bridgehead atoms. The van der Waals surface area contributed by atoms with E-state index in [2.05, 4.69) is 0 Å². The minimum atomic E-state index is -2.34. The molecular weight excluding hydrogens is 796 g/mol. The normalized spacial score (nSPS) is 33.0. The average molecular weight is 849 g/mol. The Kier molecular flexibility index (Phi) is 13.8. The molecule has 330 valence electrons. The number of ether oxygens (including phenoxy) is 8. The third-order valence-electron chi connectivity index (χ3n) is 10.6. The maximum atomic E-state index is 14.8. The van der Waals surface area contributed by atoms with Gasteiger partial charge in [0, 0.05) is 23.6 Å². The van der Waals surface area contributed by atoms with E-state index in [0.717, 1.165) is 11.6 Å². The zero-order chi connectivity index (χ0) is 43.8. The Morgan fingerprint density at radius 1 is 0.933 bits per heavy atom. The van der Waals surface area contributed by atoms with Gasteiger partial charge in [-0.25, -0.2) is 4.79 Å². The highest BCUT2D eigenvalue weighted by Crippen LogP contribution is 2.43. The van der Waals surface area contributed by atoms with Crippen LogP contribution in [0, 0.1) is 0 Å². The van der Waals surface area contributed by atoms with E-state index >= 15 is 0 Å². The number of aliphatic hydroxyl groups excluding tert-OH is 6. The summed E-state index contributed by atoms with van der Waals surface area (Å²) in [5.74, 6) is -2.26. The SMILES string of the molecule is CCOC(=O)[C@]1(O)C[C@H](C)O[C@@H]1O[C@H]1[C@H](Oc2c(-c3ccc(OC)cc3)oc3c(CC=C(C)C)c(O[C@@H]4O[C@H](CO)[C@@H](O)[C@H](O)[C@H]4O)cc(O)c3c2=O)O[C@@H](C)[C@H](O)[C@H]1O. The van der Waals surface area contributed by atoms with Crippen molar-refractivity contribution in [1.29, 1.82) is 0 Å². The summed E-state index contributed by atoms with van der Waals surface area (Å²) >= 11 is 0. The number of fused-ring (bicyclic) bond motifs is 1. The second-order valence-corrected chi connectivity index (χ2v) is 15.2. The number of hydrogen-bond acceptors (Lipinski definition) is 19. The molecule has 3 aliphatic heterocycles. The summed E-state index contributed by atoms with van der Waals surface area (Å²) in [7, 11) is 1.45. The van der Waals surface area contributed by atoms with Gasteiger partial charge in [-0.1, -0.05) is 11.6 Å². The zero-order valence-electron chi connectivity index (χ0n) is 33.8. The second kappa shape index (κ2) is 18.3. The van der Waals surface area contributed by atoms with E-state index in [1.807, 2.05) is 13.8 Å². The molecule has 0 spiro atoms. The fraction of sp³-hybridized carbons (Fsp3) is 0.561. The molecule has 3 fully saturated rings. The van der Waals surface area contributed by atoms with E-state index in [0.29, 0.717) is 5.75 Å². The second-order valence-electron chi connectivity index (χ2n) is 15.2. The molecule has 3 aromatic rings. The quantitative estimate of drug-likeness (QED) is 0.0860. The lowest BCUT2D eigenvalue weighted by Gasteiger charge is -2.42. The number of phenolic OH excluding ortho intramolecular Hbond substituents is 1. The van der Waals surface area contributed by atoms with Crippen LogP contribution in [-0.4, -0.2) is 147 Å². The number of allylic oxidation sites excluding steroid dienone is 2. The molecule has 6 rings (SSSR count). The first-order chi connectivity index (χ1) is 28.4. The highest BCUT2D eigenvalue weighted by molar-refractivity contribution is 5.91. The van der Waals surface area contributed by atoms with Gasteiger partial charge < -0.3 is 83.2 Å². The van der Waals surface area contributed by atoms with E-state index < -0.39 is 114 Å². The summed E-state index contributed by atoms with van der Waals surface area (Å²) in [5.41, 5.74) is -2.27. The summed E-state index contributed by atoms with van der Waals surface area (Å²) in [4.78, 5) is 27.8. The fourth-order valence-corrected chi connectivity index (χ4v) is 7.28. The summed E-state index contributed by atoms with van der Waals surface area (Å²) in [6, 6.07) is 7.30. The molecule has 1 aromatic heterocycles. The van der Waals surface area contributed by atoms with Crippen LogP contribution in [0.3, 0.4) is 0 Å². The minimum absolute atomic E-state index is 0.0174. The molecule has 0 radical (unpaired) electrons. The first-order valence-corrected chi connectivity index (χ1v) is 19.4. The maximum Gasteiger partial charge on any atom is 0.343 e. The Bertz CT molecular complexity index is 2080. The summed E-state index contributed by atoms with van der Waals surface area (Å²) in [6.07, 6.45) is -17.2. The molecule has 3 aliphatic rings. The number of carbonyl (C=O) groups excluding carboxylic acids is 1. The molecule has 3 saturated heterocycles. The number of methoxy groups -OCH3 is 1. The molecule has 19 nitrogen and oxygen atoms in total. The summed E-state index contributed by atoms with van der Waals surface area (Å²) in [5, 5.41) is 86.2. The lowest BCUT2D eigenvalue weighted by molar-refractivity contribution is -0.322. The first kappa shape index (κ1) is 45.2. The van der Waals surface area contributed by atoms with Crippen molar-refractivity contribution in [3.8, 4) is 34.3 Å². The van der Waals surface area contributed by atoms with E-state index in [4.69, 9.17) is 42.3 Å². The molecule has 0 saturated carbocycles. The van der Waals surface area contributed by atoms with Crippen LogP contribution in [0.25, 0.3) is 22.3 Å². The molecule has 0 unspecified atom stereocenters. The molecule has 0 amide bonds. The van der Waals surface area contributed by atoms with Crippen molar-refractivity contribution >= 4 is 16.9 Å². The van der Waals surface area contributed by atoms with E-state index in [9.17, 15) is 50.4 Å². The monoisotopic (exact) mass is 848 g/mol. The van der Waals surface area contributed by atoms with Crippen molar-refractivity contribution in [3.05, 3.63) is 57.8 Å². The fourth-order valence-electron chi connectivity index (χ4n) is 7.28. The Balaban J connectivity index is 1.51. The van der Waals surface area contributed by atoms with Crippen LogP contribution in [0.5, 0.6) is 23.0 Å². The van der Waals surface area contributed by atoms with Gasteiger partial charge in [-0.05, 0) is 65.3 Å². The third kappa shape index (κ3) is 8.70. The topological polar surface area (TPSA) is 283 Å². The van der Waals surface area contributed by atoms with Crippen LogP contribution >= 0.6 is 0 Å². The standard InChI is InChI=1S/C41H52O19/c1-7-53-39(50)41(51)15-18(4)54-40(41)60-36-31(48)27(44)19(5)55-38(36)59-35-29(46)26-23(43)14-24(56-37-32(49)30(47)28(45)25(16-42)57-37)22(13-8-17(2)3)34(26)58-33(35)20-9-11-21(52-6)12-10-20/h8-12,14,18-19,25,27-28,30-32,36-38,40,42-45,47-49,51H,7,13,15-16H2,1-6H3/t18-,19-,25+,27-,28+,30-,31+,32+,36+,37+,38-,40+,41+/m0/s1. The number of hydrogen-bond donors (Lipinski definition) is 8. The van der Waals surface area contributed by atoms with Crippen molar-refractivity contribution in [2.24, 2.45) is 0 Å². The molecule has 0 aliphatic carbocycles. The Labute approximate surface area is 343 Å². The molecule has 19 heteroatoms. The van der Waals surface area contributed by atoms with Gasteiger partial charge in [-0.2, -0.15) is 0 Å². The first-order valence-electron chi connectivity index (χ1n) is 19.4. The van der Waals surface area contributed by atoms with E-state index in [-0.39, 0.29) is 47.7 Å². The van der Waals surface area contributed by atoms with Crippen molar-refractivity contribution in [2.45, 2.75) is 127 Å². The molecule has 2 aromatic carbocycles. The smallest absolute Gasteiger partial charge is 0.343 e. The number of esters is 1. The van der Waals surface area contributed by atoms with E-state index in [1.165, 1.54) is 14.0 Å². The lowest BCUT2D eigenvalue weighted by atomic mass is 9.97. The van der Waals surface area contributed by atoms with Gasteiger partial charge in [-0.3, -0.25) is 4.79 Å². The van der Waals surface area contributed by atoms with Gasteiger partial charge in [0.1, 0.15) is 64.8 Å². The van der Waals surface area contributed by atoms with Gasteiger partial charge >= 0.3 is 5.97 Å². The summed E-state index contributed by atoms with van der Waals surface area (Å²) < 4.78 is 52.4. The number of aromatic hydroxyl groups is 1. The van der Waals surface area contributed by atoms with Crippen LogP contribution in [0.15, 0.2) is 51.2 Å². The highest BCUT2D eigenvalue weighted by Gasteiger charge is 2.57. The van der Waals surface area contributed by atoms with Gasteiger partial charge in [0.15, 0.2) is 18.2 Å². The Morgan fingerprint density at radius 2 is 1.63 bits per heavy atom. The minimum Gasteiger partial charge on any atom is -0.507 e. The number of carbonyl (C=O) groups is 1. The van der Waals surface area contributed by atoms with Crippen molar-refractivity contribution < 1.29 is 88.0 Å². The Hall–Kier alpha value is -4.38. The molecule has 8 N–H and O–H groups in total. The Morgan fingerprint density at radius 3 is 2.27 bits per heavy atom. The third-order valence-corrected chi connectivity index (χ3v) is 10.6. The van der Waals surface area contributed by atoms with E-state index in [1.54, 1.807) is 44.2 Å². The van der Waals surface area contributed by atoms with Crippen molar-refractivity contribution in [2.75, 3.05) is 20.3 Å². The van der Waals surface area contributed by atoms with Crippen LogP contribution in [0.1, 0.15) is 46.6 Å². The number of benzene rings is 2. The molecule has 60 heavy (non-hydrogen) atoms. The van der Waals surface area contributed by atoms with Gasteiger partial charge in [0.25, 0.3) is 0 Å². The number of aliphatic hydroxyl groups is 7. The average Bonchev–Trinajstić information content (AvgIpc) is 3.51. The van der Waals surface area contributed by atoms with Gasteiger partial charge in [0.2, 0.25) is 29.4 Å². The largest absolute Gasteiger partial charge is 0.507 e. The predicted molar refractivity (Wildman–Crippen MR) is 206 cm³/mol. The predicted octanol–water partition coefficient (Wildman–Crippen LogP) is 0.521. The van der Waals surface area contributed by atoms with Crippen LogP contribution in [-0.2, 0) is 34.9 Å². The van der Waals surface area contributed by atoms with Gasteiger partial charge in [-0.15, -0.1) is 0 Å². The summed E-state index contributed by atoms with van der Waals surface area (Å²) in [6.45, 7) is 7.36.